The molecule has 4 rings (SSSR count). The Kier molecular flexibility index (Phi) is 7.20. The number of aromatic nitrogens is 4. The van der Waals surface area contributed by atoms with E-state index < -0.39 is 23.9 Å². The van der Waals surface area contributed by atoms with Crippen LogP contribution < -0.4 is 4.74 Å². The monoisotopic (exact) mass is 514 g/mol. The second-order valence-electron chi connectivity index (χ2n) is 8.96. The van der Waals surface area contributed by atoms with Crippen LogP contribution in [0.1, 0.15) is 37.7 Å². The number of benzene rings is 1. The lowest BCUT2D eigenvalue weighted by Crippen LogP contribution is -2.31. The lowest BCUT2D eigenvalue weighted by molar-refractivity contribution is -0.141. The quantitative estimate of drug-likeness (QED) is 0.245. The van der Waals surface area contributed by atoms with Gasteiger partial charge < -0.3 is 4.74 Å². The van der Waals surface area contributed by atoms with E-state index in [-0.39, 0.29) is 17.4 Å². The maximum absolute atomic E-state index is 12.8. The van der Waals surface area contributed by atoms with Crippen LogP contribution in [0.2, 0.25) is 0 Å². The van der Waals surface area contributed by atoms with Crippen LogP contribution in [0.5, 0.6) is 5.75 Å². The molecule has 0 bridgehead atoms. The van der Waals surface area contributed by atoms with Crippen molar-refractivity contribution in [2.24, 2.45) is 5.92 Å². The van der Waals surface area contributed by atoms with Gasteiger partial charge in [-0.3, -0.25) is 9.97 Å². The Balaban J connectivity index is 1.61. The first-order chi connectivity index (χ1) is 17.5. The molecular weight excluding hydrogens is 491 g/mol. The molecule has 192 valence electrons. The molecule has 5 nitrogen and oxygen atoms in total. The number of halogens is 5. The molecule has 0 aliphatic carbocycles. The van der Waals surface area contributed by atoms with E-state index in [4.69, 9.17) is 0 Å². The van der Waals surface area contributed by atoms with E-state index in [1.807, 2.05) is 30.3 Å². The first-order valence-corrected chi connectivity index (χ1v) is 11.4. The van der Waals surface area contributed by atoms with Gasteiger partial charge in [-0.15, -0.1) is 10.2 Å². The highest BCUT2D eigenvalue weighted by Gasteiger charge is 2.35. The van der Waals surface area contributed by atoms with E-state index >= 15 is 0 Å². The normalized spacial score (nSPS) is 13.6. The molecule has 4 aromatic rings. The predicted molar refractivity (Wildman–Crippen MR) is 128 cm³/mol. The topological polar surface area (TPSA) is 60.8 Å². The first kappa shape index (κ1) is 26.1. The minimum Gasteiger partial charge on any atom is -0.433 e. The summed E-state index contributed by atoms with van der Waals surface area (Å²) in [6.45, 7) is 3.27. The van der Waals surface area contributed by atoms with E-state index in [9.17, 15) is 22.0 Å². The maximum atomic E-state index is 12.8. The van der Waals surface area contributed by atoms with Gasteiger partial charge in [-0.2, -0.15) is 22.0 Å². The molecule has 0 aliphatic rings. The molecule has 0 N–H and O–H groups in total. The van der Waals surface area contributed by atoms with Crippen LogP contribution >= 0.6 is 0 Å². The molecule has 10 heteroatoms. The number of nitrogens with zero attached hydrogens (tertiary/aromatic N) is 4. The average Bonchev–Trinajstić information content (AvgIpc) is 2.87. The highest BCUT2D eigenvalue weighted by atomic mass is 19.4. The van der Waals surface area contributed by atoms with Crippen molar-refractivity contribution in [1.82, 2.24) is 20.2 Å². The van der Waals surface area contributed by atoms with Crippen LogP contribution in [0.4, 0.5) is 22.0 Å². The van der Waals surface area contributed by atoms with Gasteiger partial charge in [-0.1, -0.05) is 38.1 Å². The predicted octanol–water partition coefficient (Wildman–Crippen LogP) is 7.18. The van der Waals surface area contributed by atoms with E-state index in [0.29, 0.717) is 11.1 Å². The summed E-state index contributed by atoms with van der Waals surface area (Å²) < 4.78 is 67.9. The molecule has 37 heavy (non-hydrogen) atoms. The Morgan fingerprint density at radius 2 is 1.43 bits per heavy atom. The van der Waals surface area contributed by atoms with Crippen molar-refractivity contribution in [3.05, 3.63) is 90.1 Å². The molecule has 0 fully saturated rings. The Hall–Kier alpha value is -3.95. The van der Waals surface area contributed by atoms with E-state index in [0.717, 1.165) is 22.9 Å². The highest BCUT2D eigenvalue weighted by Crippen LogP contribution is 2.39. The third kappa shape index (κ3) is 5.58. The van der Waals surface area contributed by atoms with Gasteiger partial charge in [0.2, 0.25) is 0 Å². The zero-order valence-electron chi connectivity index (χ0n) is 20.2. The van der Waals surface area contributed by atoms with Crippen molar-refractivity contribution in [1.29, 1.82) is 0 Å². The van der Waals surface area contributed by atoms with Gasteiger partial charge in [0.15, 0.2) is 5.69 Å². The largest absolute Gasteiger partial charge is 0.435 e. The molecule has 0 saturated carbocycles. The van der Waals surface area contributed by atoms with Gasteiger partial charge in [0.05, 0.1) is 17.6 Å². The van der Waals surface area contributed by atoms with Crippen molar-refractivity contribution in [3.63, 3.8) is 0 Å². The van der Waals surface area contributed by atoms with Gasteiger partial charge in [0, 0.05) is 28.9 Å². The summed E-state index contributed by atoms with van der Waals surface area (Å²) in [4.78, 5) is 8.61. The fourth-order valence-corrected chi connectivity index (χ4v) is 4.02. The van der Waals surface area contributed by atoms with Crippen molar-refractivity contribution in [2.75, 3.05) is 0 Å². The standard InChI is InChI=1S/C27H23F5N4O/c1-16(2)26(3,20-7-4-17(5-8-20)19-12-21(15-33-13-19)37-25(28)29)23-10-6-18(14-34-23)22-9-11-24(36-35-22)27(30,31)32/h4-16,25H,1-3H3. The Morgan fingerprint density at radius 1 is 0.757 bits per heavy atom. The van der Waals surface area contributed by atoms with Crippen LogP contribution in [0, 0.1) is 5.92 Å². The molecule has 3 heterocycles. The van der Waals surface area contributed by atoms with Crippen LogP contribution in [-0.4, -0.2) is 26.8 Å². The number of hydrogen-bond donors (Lipinski definition) is 0. The smallest absolute Gasteiger partial charge is 0.433 e. The van der Waals surface area contributed by atoms with Gasteiger partial charge in [-0.25, -0.2) is 0 Å². The summed E-state index contributed by atoms with van der Waals surface area (Å²) in [7, 11) is 0. The Bertz CT molecular complexity index is 1340. The number of alkyl halides is 5. The zero-order chi connectivity index (χ0) is 26.8. The Labute approximate surface area is 210 Å². The molecule has 0 aliphatic heterocycles. The lowest BCUT2D eigenvalue weighted by Gasteiger charge is -2.34. The molecule has 0 saturated heterocycles. The van der Waals surface area contributed by atoms with E-state index in [1.54, 1.807) is 18.5 Å². The van der Waals surface area contributed by atoms with Crippen LogP contribution in [0.3, 0.4) is 0 Å². The molecule has 1 unspecified atom stereocenters. The SMILES string of the molecule is CC(C)C(C)(c1ccc(-c2cncc(OC(F)F)c2)cc1)c1ccc(-c2ccc(C(F)(F)F)nn2)cn1. The van der Waals surface area contributed by atoms with Crippen LogP contribution in [0.25, 0.3) is 22.4 Å². The van der Waals surface area contributed by atoms with E-state index in [1.165, 1.54) is 18.3 Å². The van der Waals surface area contributed by atoms with Gasteiger partial charge in [0.25, 0.3) is 0 Å². The van der Waals surface area contributed by atoms with Crippen molar-refractivity contribution >= 4 is 0 Å². The maximum Gasteiger partial charge on any atom is 0.435 e. The molecule has 0 radical (unpaired) electrons. The zero-order valence-corrected chi connectivity index (χ0v) is 20.2. The van der Waals surface area contributed by atoms with Gasteiger partial charge >= 0.3 is 12.8 Å². The average molecular weight is 514 g/mol. The summed E-state index contributed by atoms with van der Waals surface area (Å²) in [6.07, 6.45) is -0.187. The minimum absolute atomic E-state index is 0.0226. The summed E-state index contributed by atoms with van der Waals surface area (Å²) in [6, 6.07) is 14.9. The van der Waals surface area contributed by atoms with Crippen molar-refractivity contribution in [3.8, 4) is 28.1 Å². The number of rotatable bonds is 7. The van der Waals surface area contributed by atoms with Crippen LogP contribution in [-0.2, 0) is 11.6 Å². The van der Waals surface area contributed by atoms with E-state index in [2.05, 4.69) is 45.7 Å². The lowest BCUT2D eigenvalue weighted by atomic mass is 9.70. The van der Waals surface area contributed by atoms with Gasteiger partial charge in [0.1, 0.15) is 5.75 Å². The van der Waals surface area contributed by atoms with Crippen molar-refractivity contribution in [2.45, 2.75) is 39.0 Å². The summed E-state index contributed by atoms with van der Waals surface area (Å²) >= 11 is 0. The molecule has 1 aromatic carbocycles. The summed E-state index contributed by atoms with van der Waals surface area (Å²) in [5.41, 5.74) is 2.45. The highest BCUT2D eigenvalue weighted by molar-refractivity contribution is 5.65. The number of hydrogen-bond acceptors (Lipinski definition) is 5. The first-order valence-electron chi connectivity index (χ1n) is 11.4. The second kappa shape index (κ2) is 10.2. The third-order valence-electron chi connectivity index (χ3n) is 6.46. The second-order valence-corrected chi connectivity index (χ2v) is 8.96. The third-order valence-corrected chi connectivity index (χ3v) is 6.46. The minimum atomic E-state index is -4.55. The number of pyridine rings is 2. The molecule has 3 aromatic heterocycles. The van der Waals surface area contributed by atoms with Crippen LogP contribution in [0.15, 0.2) is 73.2 Å². The summed E-state index contributed by atoms with van der Waals surface area (Å²) in [5, 5.41) is 6.97. The summed E-state index contributed by atoms with van der Waals surface area (Å²) in [5.74, 6) is 0.109. The molecule has 0 amide bonds. The van der Waals surface area contributed by atoms with Gasteiger partial charge in [-0.05, 0) is 54.3 Å². The fourth-order valence-electron chi connectivity index (χ4n) is 4.02. The molecule has 1 atom stereocenters. The Morgan fingerprint density at radius 3 is 1.97 bits per heavy atom. The number of ether oxygens (including phenoxy) is 1. The molecule has 0 spiro atoms. The van der Waals surface area contributed by atoms with Crippen molar-refractivity contribution < 1.29 is 26.7 Å². The fraction of sp³-hybridized carbons (Fsp3) is 0.259. The molecular formula is C27H23F5N4O.